The van der Waals surface area contributed by atoms with Crippen LogP contribution in [0.3, 0.4) is 0 Å². The molecule has 2 N–H and O–H groups in total. The van der Waals surface area contributed by atoms with Crippen molar-refractivity contribution in [2.75, 3.05) is 20.2 Å². The van der Waals surface area contributed by atoms with Gasteiger partial charge in [0.1, 0.15) is 0 Å². The topological polar surface area (TPSA) is 50.4 Å². The fourth-order valence-electron chi connectivity index (χ4n) is 0.900. The van der Waals surface area contributed by atoms with Gasteiger partial charge >= 0.3 is 0 Å². The van der Waals surface area contributed by atoms with Gasteiger partial charge in [-0.1, -0.05) is 6.92 Å². The first-order chi connectivity index (χ1) is 6.60. The Bertz CT molecular complexity index is 162. The number of carbonyl (C=O) groups excluding carboxylic acids is 1. The lowest BCUT2D eigenvalue weighted by molar-refractivity contribution is -0.120. The zero-order valence-corrected chi connectivity index (χ0v) is 9.59. The summed E-state index contributed by atoms with van der Waals surface area (Å²) in [5, 5.41) is 5.91. The van der Waals surface area contributed by atoms with E-state index >= 15 is 0 Å². The average Bonchev–Trinajstić information content (AvgIpc) is 2.17. The summed E-state index contributed by atoms with van der Waals surface area (Å²) in [5.74, 6) is 0.0441. The van der Waals surface area contributed by atoms with Gasteiger partial charge in [0.2, 0.25) is 5.91 Å². The normalized spacial score (nSPS) is 14.9. The Hall–Kier alpha value is -0.610. The molecule has 0 saturated carbocycles. The summed E-state index contributed by atoms with van der Waals surface area (Å²) in [6.45, 7) is 7.06. The SMILES string of the molecule is CCC(C)NC(=O)CNCC(C)OC. The number of carbonyl (C=O) groups is 1. The summed E-state index contributed by atoms with van der Waals surface area (Å²) in [5.41, 5.74) is 0. The van der Waals surface area contributed by atoms with E-state index in [0.717, 1.165) is 6.42 Å². The Labute approximate surface area is 86.4 Å². The molecule has 2 unspecified atom stereocenters. The van der Waals surface area contributed by atoms with E-state index in [0.29, 0.717) is 13.1 Å². The van der Waals surface area contributed by atoms with Gasteiger partial charge in [0.05, 0.1) is 12.6 Å². The van der Waals surface area contributed by atoms with E-state index in [1.165, 1.54) is 0 Å². The van der Waals surface area contributed by atoms with Gasteiger partial charge in [-0.2, -0.15) is 0 Å². The molecule has 2 atom stereocenters. The molecule has 0 heterocycles. The van der Waals surface area contributed by atoms with Crippen LogP contribution in [0.1, 0.15) is 27.2 Å². The van der Waals surface area contributed by atoms with Crippen molar-refractivity contribution in [1.82, 2.24) is 10.6 Å². The van der Waals surface area contributed by atoms with E-state index < -0.39 is 0 Å². The maximum Gasteiger partial charge on any atom is 0.234 e. The van der Waals surface area contributed by atoms with Crippen LogP contribution in [0.4, 0.5) is 0 Å². The second-order valence-electron chi connectivity index (χ2n) is 3.55. The van der Waals surface area contributed by atoms with Crippen molar-refractivity contribution in [3.05, 3.63) is 0 Å². The standard InChI is InChI=1S/C10H22N2O2/c1-5-8(2)12-10(13)7-11-6-9(3)14-4/h8-9,11H,5-7H2,1-4H3,(H,12,13). The van der Waals surface area contributed by atoms with Crippen LogP contribution in [-0.4, -0.2) is 38.3 Å². The minimum Gasteiger partial charge on any atom is -0.380 e. The maximum absolute atomic E-state index is 11.3. The third-order valence-corrected chi connectivity index (χ3v) is 2.14. The number of methoxy groups -OCH3 is 1. The van der Waals surface area contributed by atoms with Gasteiger partial charge in [0.25, 0.3) is 0 Å². The number of hydrogen-bond acceptors (Lipinski definition) is 3. The molecule has 14 heavy (non-hydrogen) atoms. The van der Waals surface area contributed by atoms with Gasteiger partial charge in [0, 0.05) is 19.7 Å². The van der Waals surface area contributed by atoms with Crippen LogP contribution < -0.4 is 10.6 Å². The molecule has 0 spiro atoms. The Morgan fingerprint density at radius 1 is 1.43 bits per heavy atom. The molecule has 0 aliphatic heterocycles. The predicted octanol–water partition coefficient (Wildman–Crippen LogP) is 0.526. The minimum atomic E-state index is 0.0441. The number of ether oxygens (including phenoxy) is 1. The largest absolute Gasteiger partial charge is 0.380 e. The third kappa shape index (κ3) is 6.86. The lowest BCUT2D eigenvalue weighted by Crippen LogP contribution is -2.40. The molecule has 0 aromatic rings. The zero-order valence-electron chi connectivity index (χ0n) is 9.59. The van der Waals surface area contributed by atoms with Crippen molar-refractivity contribution in [3.63, 3.8) is 0 Å². The monoisotopic (exact) mass is 202 g/mol. The average molecular weight is 202 g/mol. The predicted molar refractivity (Wildman–Crippen MR) is 57.2 cm³/mol. The second-order valence-corrected chi connectivity index (χ2v) is 3.55. The molecule has 0 aliphatic rings. The fourth-order valence-corrected chi connectivity index (χ4v) is 0.900. The molecule has 4 heteroatoms. The summed E-state index contributed by atoms with van der Waals surface area (Å²) in [6, 6.07) is 0.254. The molecule has 1 amide bonds. The number of hydrogen-bond donors (Lipinski definition) is 2. The van der Waals surface area contributed by atoms with Gasteiger partial charge in [-0.15, -0.1) is 0 Å². The molecule has 0 bridgehead atoms. The summed E-state index contributed by atoms with van der Waals surface area (Å²) in [4.78, 5) is 11.3. The van der Waals surface area contributed by atoms with Crippen LogP contribution in [0.25, 0.3) is 0 Å². The molecular weight excluding hydrogens is 180 g/mol. The van der Waals surface area contributed by atoms with Crippen LogP contribution in [0.15, 0.2) is 0 Å². The number of nitrogens with one attached hydrogen (secondary N) is 2. The highest BCUT2D eigenvalue weighted by molar-refractivity contribution is 5.78. The van der Waals surface area contributed by atoms with E-state index in [2.05, 4.69) is 10.6 Å². The van der Waals surface area contributed by atoms with Crippen molar-refractivity contribution in [1.29, 1.82) is 0 Å². The second kappa shape index (κ2) is 7.76. The van der Waals surface area contributed by atoms with Crippen molar-refractivity contribution in [2.45, 2.75) is 39.3 Å². The molecule has 0 radical (unpaired) electrons. The molecular formula is C10H22N2O2. The van der Waals surface area contributed by atoms with Crippen LogP contribution in [-0.2, 0) is 9.53 Å². The van der Waals surface area contributed by atoms with Crippen molar-refractivity contribution in [2.24, 2.45) is 0 Å². The van der Waals surface area contributed by atoms with E-state index in [9.17, 15) is 4.79 Å². The van der Waals surface area contributed by atoms with Gasteiger partial charge in [-0.05, 0) is 20.3 Å². The van der Waals surface area contributed by atoms with Gasteiger partial charge in [0.15, 0.2) is 0 Å². The van der Waals surface area contributed by atoms with Gasteiger partial charge < -0.3 is 15.4 Å². The summed E-state index contributed by atoms with van der Waals surface area (Å²) in [7, 11) is 1.66. The first kappa shape index (κ1) is 13.4. The molecule has 0 rings (SSSR count). The molecule has 0 aliphatic carbocycles. The summed E-state index contributed by atoms with van der Waals surface area (Å²) >= 11 is 0. The lowest BCUT2D eigenvalue weighted by atomic mass is 10.2. The molecule has 84 valence electrons. The Morgan fingerprint density at radius 3 is 2.57 bits per heavy atom. The highest BCUT2D eigenvalue weighted by atomic mass is 16.5. The Balaban J connectivity index is 3.44. The summed E-state index contributed by atoms with van der Waals surface area (Å²) in [6.07, 6.45) is 1.10. The number of rotatable bonds is 7. The first-order valence-corrected chi connectivity index (χ1v) is 5.13. The Kier molecular flexibility index (Phi) is 7.42. The molecule has 4 nitrogen and oxygen atoms in total. The molecule has 0 saturated heterocycles. The Morgan fingerprint density at radius 2 is 2.07 bits per heavy atom. The highest BCUT2D eigenvalue weighted by Gasteiger charge is 2.05. The van der Waals surface area contributed by atoms with E-state index in [4.69, 9.17) is 4.74 Å². The van der Waals surface area contributed by atoms with Gasteiger partial charge in [-0.25, -0.2) is 0 Å². The first-order valence-electron chi connectivity index (χ1n) is 5.13. The zero-order chi connectivity index (χ0) is 11.0. The van der Waals surface area contributed by atoms with Gasteiger partial charge in [-0.3, -0.25) is 4.79 Å². The molecule has 0 aromatic heterocycles. The van der Waals surface area contributed by atoms with E-state index in [-0.39, 0.29) is 18.1 Å². The van der Waals surface area contributed by atoms with Crippen molar-refractivity contribution >= 4 is 5.91 Å². The minimum absolute atomic E-state index is 0.0441. The summed E-state index contributed by atoms with van der Waals surface area (Å²) < 4.78 is 5.04. The number of amides is 1. The van der Waals surface area contributed by atoms with E-state index in [1.807, 2.05) is 20.8 Å². The van der Waals surface area contributed by atoms with Crippen LogP contribution in [0, 0.1) is 0 Å². The van der Waals surface area contributed by atoms with Crippen molar-refractivity contribution in [3.8, 4) is 0 Å². The fraction of sp³-hybridized carbons (Fsp3) is 0.900. The van der Waals surface area contributed by atoms with Crippen LogP contribution in [0.2, 0.25) is 0 Å². The third-order valence-electron chi connectivity index (χ3n) is 2.14. The van der Waals surface area contributed by atoms with E-state index in [1.54, 1.807) is 7.11 Å². The molecule has 0 aromatic carbocycles. The van der Waals surface area contributed by atoms with Crippen molar-refractivity contribution < 1.29 is 9.53 Å². The molecule has 0 fully saturated rings. The smallest absolute Gasteiger partial charge is 0.234 e. The highest BCUT2D eigenvalue weighted by Crippen LogP contribution is 1.87. The maximum atomic E-state index is 11.3. The van der Waals surface area contributed by atoms with Crippen LogP contribution in [0.5, 0.6) is 0 Å². The quantitative estimate of drug-likeness (QED) is 0.633. The van der Waals surface area contributed by atoms with Crippen LogP contribution >= 0.6 is 0 Å². The lowest BCUT2D eigenvalue weighted by Gasteiger charge is -2.13.